The van der Waals surface area contributed by atoms with Crippen LogP contribution in [0.3, 0.4) is 0 Å². The number of nitrogens with zero attached hydrogens (tertiary/aromatic N) is 2. The molecule has 3 aromatic carbocycles. The summed E-state index contributed by atoms with van der Waals surface area (Å²) in [7, 11) is 3.48. The molecule has 35 heavy (non-hydrogen) atoms. The first kappa shape index (κ1) is 25.0. The van der Waals surface area contributed by atoms with Crippen LogP contribution in [0.25, 0.3) is 0 Å². The second kappa shape index (κ2) is 12.0. The first-order valence-electron chi connectivity index (χ1n) is 12.7. The number of aliphatic imine (C=N–C) groups is 1. The number of benzene rings is 3. The van der Waals surface area contributed by atoms with Crippen molar-refractivity contribution in [1.29, 1.82) is 0 Å². The van der Waals surface area contributed by atoms with E-state index in [4.69, 9.17) is 14.5 Å². The lowest BCUT2D eigenvalue weighted by Crippen LogP contribution is -2.43. The summed E-state index contributed by atoms with van der Waals surface area (Å²) in [5.41, 5.74) is 3.86. The molecule has 0 aliphatic carbocycles. The smallest absolute Gasteiger partial charge is 0.131 e. The molecule has 1 aliphatic rings. The lowest BCUT2D eigenvalue weighted by atomic mass is 9.84. The van der Waals surface area contributed by atoms with Crippen LogP contribution in [-0.2, 0) is 4.74 Å². The predicted molar refractivity (Wildman–Crippen MR) is 144 cm³/mol. The summed E-state index contributed by atoms with van der Waals surface area (Å²) >= 11 is 0. The van der Waals surface area contributed by atoms with Gasteiger partial charge in [0, 0.05) is 25.1 Å². The predicted octanol–water partition coefficient (Wildman–Crippen LogP) is 6.73. The number of hydrogen-bond acceptors (Lipinski definition) is 3. The Kier molecular flexibility index (Phi) is 8.59. The molecule has 0 saturated carbocycles. The van der Waals surface area contributed by atoms with Gasteiger partial charge in [-0.25, -0.2) is 0 Å². The van der Waals surface area contributed by atoms with E-state index in [-0.39, 0.29) is 12.1 Å². The van der Waals surface area contributed by atoms with E-state index in [1.54, 1.807) is 14.2 Å². The van der Waals surface area contributed by atoms with Gasteiger partial charge in [0.1, 0.15) is 11.6 Å². The van der Waals surface area contributed by atoms with Crippen molar-refractivity contribution in [2.45, 2.75) is 44.7 Å². The molecule has 0 radical (unpaired) electrons. The molecule has 0 amide bonds. The number of likely N-dealkylation sites (tertiary alicyclic amines) is 1. The molecule has 1 aliphatic heterocycles. The number of methoxy groups -OCH3 is 2. The van der Waals surface area contributed by atoms with E-state index in [2.05, 4.69) is 104 Å². The Morgan fingerprint density at radius 1 is 0.857 bits per heavy atom. The third-order valence-corrected chi connectivity index (χ3v) is 7.05. The van der Waals surface area contributed by atoms with Gasteiger partial charge in [0.05, 0.1) is 25.8 Å². The highest BCUT2D eigenvalue weighted by Gasteiger charge is 2.33. The van der Waals surface area contributed by atoms with Crippen LogP contribution in [0, 0.1) is 5.92 Å². The van der Waals surface area contributed by atoms with Crippen molar-refractivity contribution in [3.63, 3.8) is 0 Å². The maximum Gasteiger partial charge on any atom is 0.131 e. The Morgan fingerprint density at radius 3 is 2.11 bits per heavy atom. The summed E-state index contributed by atoms with van der Waals surface area (Å²) in [6.45, 7) is 5.97. The molecule has 4 heteroatoms. The van der Waals surface area contributed by atoms with Crippen molar-refractivity contribution in [3.8, 4) is 5.75 Å². The summed E-state index contributed by atoms with van der Waals surface area (Å²) < 4.78 is 11.0. The van der Waals surface area contributed by atoms with Gasteiger partial charge in [-0.15, -0.1) is 0 Å². The summed E-state index contributed by atoms with van der Waals surface area (Å²) in [5.74, 6) is 2.77. The molecule has 0 N–H and O–H groups in total. The minimum atomic E-state index is 0.0907. The molecule has 4 rings (SSSR count). The van der Waals surface area contributed by atoms with Crippen LogP contribution >= 0.6 is 0 Å². The van der Waals surface area contributed by atoms with Crippen molar-refractivity contribution in [2.24, 2.45) is 10.9 Å². The van der Waals surface area contributed by atoms with Crippen LogP contribution in [0.2, 0.25) is 0 Å². The minimum absolute atomic E-state index is 0.0907. The van der Waals surface area contributed by atoms with Gasteiger partial charge < -0.3 is 14.4 Å². The fourth-order valence-corrected chi connectivity index (χ4v) is 4.98. The summed E-state index contributed by atoms with van der Waals surface area (Å²) in [6, 6.07) is 30.5. The van der Waals surface area contributed by atoms with E-state index in [1.165, 1.54) is 11.1 Å². The Balaban J connectivity index is 1.77. The highest BCUT2D eigenvalue weighted by atomic mass is 16.5. The van der Waals surface area contributed by atoms with Crippen LogP contribution in [-0.4, -0.2) is 44.1 Å². The van der Waals surface area contributed by atoms with Gasteiger partial charge in [-0.2, -0.15) is 0 Å². The lowest BCUT2D eigenvalue weighted by molar-refractivity contribution is 0.162. The van der Waals surface area contributed by atoms with E-state index >= 15 is 0 Å². The van der Waals surface area contributed by atoms with Gasteiger partial charge >= 0.3 is 0 Å². The maximum absolute atomic E-state index is 5.58. The molecule has 3 atom stereocenters. The molecule has 184 valence electrons. The third kappa shape index (κ3) is 6.12. The summed E-state index contributed by atoms with van der Waals surface area (Å²) in [4.78, 5) is 7.94. The van der Waals surface area contributed by atoms with E-state index in [0.29, 0.717) is 18.4 Å². The summed E-state index contributed by atoms with van der Waals surface area (Å²) in [6.07, 6.45) is 2.21. The van der Waals surface area contributed by atoms with Crippen molar-refractivity contribution in [3.05, 3.63) is 102 Å². The van der Waals surface area contributed by atoms with Crippen LogP contribution in [0.15, 0.2) is 89.9 Å². The van der Waals surface area contributed by atoms with Gasteiger partial charge in [-0.05, 0) is 42.0 Å². The van der Waals surface area contributed by atoms with Gasteiger partial charge in [0.2, 0.25) is 0 Å². The zero-order valence-corrected chi connectivity index (χ0v) is 21.4. The molecule has 0 aromatic heterocycles. The fourth-order valence-electron chi connectivity index (χ4n) is 4.98. The zero-order chi connectivity index (χ0) is 24.6. The summed E-state index contributed by atoms with van der Waals surface area (Å²) in [5, 5.41) is 0. The average molecular weight is 471 g/mol. The van der Waals surface area contributed by atoms with E-state index in [9.17, 15) is 0 Å². The van der Waals surface area contributed by atoms with Gasteiger partial charge in [-0.1, -0.05) is 86.6 Å². The van der Waals surface area contributed by atoms with Crippen molar-refractivity contribution < 1.29 is 9.47 Å². The lowest BCUT2D eigenvalue weighted by Gasteiger charge is -2.43. The molecule has 4 nitrogen and oxygen atoms in total. The molecule has 0 spiro atoms. The number of piperidine rings is 1. The molecule has 0 unspecified atom stereocenters. The van der Waals surface area contributed by atoms with E-state index < -0.39 is 0 Å². The Morgan fingerprint density at radius 2 is 1.51 bits per heavy atom. The van der Waals surface area contributed by atoms with Crippen LogP contribution in [0.1, 0.15) is 55.3 Å². The third-order valence-electron chi connectivity index (χ3n) is 7.05. The molecule has 1 saturated heterocycles. The monoisotopic (exact) mass is 470 g/mol. The number of hydrogen-bond donors (Lipinski definition) is 0. The quantitative estimate of drug-likeness (QED) is 0.270. The average Bonchev–Trinajstić information content (AvgIpc) is 2.91. The number of ether oxygens (including phenoxy) is 2. The zero-order valence-electron chi connectivity index (χ0n) is 21.4. The molecular weight excluding hydrogens is 432 g/mol. The van der Waals surface area contributed by atoms with Crippen LogP contribution in [0.4, 0.5) is 0 Å². The molecule has 3 aromatic rings. The molecule has 1 fully saturated rings. The molecule has 1 heterocycles. The first-order chi connectivity index (χ1) is 17.1. The number of amidine groups is 1. The Bertz CT molecular complexity index is 1060. The SMILES string of the molecule is COC[C@H](N=C(c1ccccc1)N1C[C@@H](c2ccc(OC)cc2)CC[C@H]1c1ccccc1)C(C)C. The van der Waals surface area contributed by atoms with Gasteiger partial charge in [0.25, 0.3) is 0 Å². The van der Waals surface area contributed by atoms with Crippen LogP contribution in [0.5, 0.6) is 5.75 Å². The Labute approximate surface area is 210 Å². The van der Waals surface area contributed by atoms with E-state index in [1.807, 2.05) is 0 Å². The highest BCUT2D eigenvalue weighted by molar-refractivity contribution is 5.99. The van der Waals surface area contributed by atoms with Crippen LogP contribution < -0.4 is 4.74 Å². The second-order valence-electron chi connectivity index (χ2n) is 9.71. The maximum atomic E-state index is 5.58. The van der Waals surface area contributed by atoms with Gasteiger partial charge in [-0.3, -0.25) is 4.99 Å². The minimum Gasteiger partial charge on any atom is -0.497 e. The van der Waals surface area contributed by atoms with Crippen molar-refractivity contribution in [2.75, 3.05) is 27.4 Å². The standard InChI is InChI=1S/C31H38N2O2/c1-23(2)29(22-34-3)32-31(26-13-9-6-10-14-26)33-21-27(24-15-18-28(35-4)19-16-24)17-20-30(33)25-11-7-5-8-12-25/h5-16,18-19,23,27,29-30H,17,20-22H2,1-4H3/t27-,29-,30-/m0/s1. The van der Waals surface area contributed by atoms with E-state index in [0.717, 1.165) is 36.5 Å². The van der Waals surface area contributed by atoms with Gasteiger partial charge in [0.15, 0.2) is 0 Å². The Hall–Kier alpha value is -3.11. The second-order valence-corrected chi connectivity index (χ2v) is 9.71. The first-order valence-corrected chi connectivity index (χ1v) is 12.7. The van der Waals surface area contributed by atoms with Crippen molar-refractivity contribution >= 4 is 5.84 Å². The topological polar surface area (TPSA) is 34.1 Å². The molecule has 0 bridgehead atoms. The largest absolute Gasteiger partial charge is 0.497 e. The number of rotatable bonds is 8. The fraction of sp³-hybridized carbons (Fsp3) is 0.387. The van der Waals surface area contributed by atoms with Crippen molar-refractivity contribution in [1.82, 2.24) is 4.90 Å². The molecular formula is C31H38N2O2. The normalized spacial score (nSPS) is 19.6. The highest BCUT2D eigenvalue weighted by Crippen LogP contribution is 2.39.